The lowest BCUT2D eigenvalue weighted by atomic mass is 9.81. The highest BCUT2D eigenvalue weighted by molar-refractivity contribution is 5.91. The molecule has 1 aliphatic rings. The lowest BCUT2D eigenvalue weighted by Gasteiger charge is -2.26. The molecule has 0 aromatic carbocycles. The molecule has 0 aromatic rings. The second-order valence-corrected chi connectivity index (χ2v) is 2.15. The zero-order valence-electron chi connectivity index (χ0n) is 4.35. The summed E-state index contributed by atoms with van der Waals surface area (Å²) in [4.78, 5) is 10.4. The van der Waals surface area contributed by atoms with E-state index in [4.69, 9.17) is 5.73 Å². The summed E-state index contributed by atoms with van der Waals surface area (Å²) in [5, 5.41) is 0. The summed E-state index contributed by atoms with van der Waals surface area (Å²) >= 11 is 0. The van der Waals surface area contributed by atoms with Crippen LogP contribution >= 0.6 is 0 Å². The Morgan fingerprint density at radius 3 is 2.43 bits per heavy atom. The van der Waals surface area contributed by atoms with Gasteiger partial charge in [0.2, 0.25) is 0 Å². The third kappa shape index (κ3) is 0.548. The lowest BCUT2D eigenvalue weighted by molar-refractivity contribution is -0.130. The fourth-order valence-electron chi connectivity index (χ4n) is 0.818. The van der Waals surface area contributed by atoms with Crippen molar-refractivity contribution in [2.24, 2.45) is 11.7 Å². The normalized spacial score (nSPS) is 40.6. The minimum absolute atomic E-state index is 0.130. The zero-order valence-corrected chi connectivity index (χ0v) is 4.35. The fraction of sp³-hybridized carbons (Fsp3) is 0.800. The molecule has 2 atom stereocenters. The average molecular weight is 99.1 g/mol. The monoisotopic (exact) mass is 99.1 g/mol. The van der Waals surface area contributed by atoms with Gasteiger partial charge in [0.15, 0.2) is 5.78 Å². The Kier molecular flexibility index (Phi) is 0.889. The van der Waals surface area contributed by atoms with Crippen molar-refractivity contribution in [2.45, 2.75) is 19.4 Å². The van der Waals surface area contributed by atoms with Gasteiger partial charge < -0.3 is 5.73 Å². The second kappa shape index (κ2) is 1.30. The molecule has 1 rings (SSSR count). The van der Waals surface area contributed by atoms with Crippen molar-refractivity contribution in [1.82, 2.24) is 0 Å². The van der Waals surface area contributed by atoms with Gasteiger partial charge in [-0.05, 0) is 6.42 Å². The molecule has 2 nitrogen and oxygen atoms in total. The SMILES string of the molecule is C[C@H]1CC(N)C1=O. The Morgan fingerprint density at radius 2 is 2.43 bits per heavy atom. The van der Waals surface area contributed by atoms with Gasteiger partial charge in [-0.15, -0.1) is 0 Å². The van der Waals surface area contributed by atoms with Crippen molar-refractivity contribution in [3.8, 4) is 0 Å². The summed E-state index contributed by atoms with van der Waals surface area (Å²) in [5.74, 6) is 0.468. The summed E-state index contributed by atoms with van der Waals surface area (Å²) in [6.45, 7) is 1.91. The van der Waals surface area contributed by atoms with Gasteiger partial charge in [-0.1, -0.05) is 6.92 Å². The smallest absolute Gasteiger partial charge is 0.152 e. The minimum atomic E-state index is -0.130. The molecule has 0 radical (unpaired) electrons. The largest absolute Gasteiger partial charge is 0.321 e. The molecule has 1 unspecified atom stereocenters. The maximum absolute atomic E-state index is 10.4. The van der Waals surface area contributed by atoms with Crippen LogP contribution < -0.4 is 5.73 Å². The van der Waals surface area contributed by atoms with E-state index < -0.39 is 0 Å². The number of hydrogen-bond donors (Lipinski definition) is 1. The van der Waals surface area contributed by atoms with Crippen molar-refractivity contribution in [3.05, 3.63) is 0 Å². The van der Waals surface area contributed by atoms with Gasteiger partial charge in [0.1, 0.15) is 0 Å². The van der Waals surface area contributed by atoms with Crippen LogP contribution in [-0.4, -0.2) is 11.8 Å². The van der Waals surface area contributed by atoms with Crippen molar-refractivity contribution in [3.63, 3.8) is 0 Å². The summed E-state index contributed by atoms with van der Waals surface area (Å²) in [5.41, 5.74) is 5.26. The number of nitrogens with two attached hydrogens (primary N) is 1. The van der Waals surface area contributed by atoms with Crippen LogP contribution in [-0.2, 0) is 4.79 Å². The van der Waals surface area contributed by atoms with Crippen LogP contribution in [0.4, 0.5) is 0 Å². The van der Waals surface area contributed by atoms with Crippen LogP contribution in [0.3, 0.4) is 0 Å². The topological polar surface area (TPSA) is 43.1 Å². The van der Waals surface area contributed by atoms with E-state index in [1.54, 1.807) is 0 Å². The van der Waals surface area contributed by atoms with Crippen LogP contribution in [0.15, 0.2) is 0 Å². The van der Waals surface area contributed by atoms with Gasteiger partial charge in [0, 0.05) is 5.92 Å². The lowest BCUT2D eigenvalue weighted by Crippen LogP contribution is -2.46. The molecule has 0 saturated heterocycles. The number of carbonyl (C=O) groups is 1. The average Bonchev–Trinajstić information content (AvgIpc) is 1.68. The minimum Gasteiger partial charge on any atom is -0.321 e. The van der Waals surface area contributed by atoms with E-state index >= 15 is 0 Å². The van der Waals surface area contributed by atoms with Crippen molar-refractivity contribution in [2.75, 3.05) is 0 Å². The first-order chi connectivity index (χ1) is 3.22. The van der Waals surface area contributed by atoms with Crippen LogP contribution in [0.5, 0.6) is 0 Å². The molecule has 40 valence electrons. The highest BCUT2D eigenvalue weighted by Gasteiger charge is 2.32. The van der Waals surface area contributed by atoms with Gasteiger partial charge >= 0.3 is 0 Å². The third-order valence-corrected chi connectivity index (χ3v) is 1.46. The molecule has 2 N–H and O–H groups in total. The first-order valence-corrected chi connectivity index (χ1v) is 2.51. The number of Topliss-reactive ketones (excluding diaryl/α,β-unsaturated/α-hetero) is 1. The molecule has 1 fully saturated rings. The van der Waals surface area contributed by atoms with E-state index in [9.17, 15) is 4.79 Å². The molecule has 0 spiro atoms. The Balaban J connectivity index is 2.44. The zero-order chi connectivity index (χ0) is 5.44. The number of carbonyl (C=O) groups excluding carboxylic acids is 1. The summed E-state index contributed by atoms with van der Waals surface area (Å²) in [6, 6.07) is -0.130. The van der Waals surface area contributed by atoms with E-state index in [0.29, 0.717) is 0 Å². The Labute approximate surface area is 42.7 Å². The number of rotatable bonds is 0. The highest BCUT2D eigenvalue weighted by atomic mass is 16.1. The van der Waals surface area contributed by atoms with Crippen LogP contribution in [0.1, 0.15) is 13.3 Å². The highest BCUT2D eigenvalue weighted by Crippen LogP contribution is 2.19. The van der Waals surface area contributed by atoms with Crippen molar-refractivity contribution >= 4 is 5.78 Å². The maximum Gasteiger partial charge on any atom is 0.152 e. The molecule has 1 saturated carbocycles. The Bertz CT molecular complexity index is 90.3. The van der Waals surface area contributed by atoms with Crippen LogP contribution in [0.25, 0.3) is 0 Å². The molecular weight excluding hydrogens is 90.1 g/mol. The molecule has 1 aliphatic carbocycles. The Morgan fingerprint density at radius 1 is 1.86 bits per heavy atom. The predicted molar refractivity (Wildman–Crippen MR) is 26.8 cm³/mol. The summed E-state index contributed by atoms with van der Waals surface area (Å²) in [6.07, 6.45) is 0.888. The fourth-order valence-corrected chi connectivity index (χ4v) is 0.818. The first kappa shape index (κ1) is 4.78. The standard InChI is InChI=1S/C5H9NO/c1-3-2-4(6)5(3)7/h3-4H,2,6H2,1H3/t3-,4?/m0/s1. The third-order valence-electron chi connectivity index (χ3n) is 1.46. The van der Waals surface area contributed by atoms with E-state index in [1.807, 2.05) is 6.92 Å². The molecule has 0 aliphatic heterocycles. The molecule has 0 bridgehead atoms. The summed E-state index contributed by atoms with van der Waals surface area (Å²) < 4.78 is 0. The Hall–Kier alpha value is -0.370. The maximum atomic E-state index is 10.4. The molecule has 7 heavy (non-hydrogen) atoms. The van der Waals surface area contributed by atoms with E-state index in [1.165, 1.54) is 0 Å². The van der Waals surface area contributed by atoms with Crippen LogP contribution in [0.2, 0.25) is 0 Å². The van der Waals surface area contributed by atoms with Gasteiger partial charge in [-0.3, -0.25) is 4.79 Å². The van der Waals surface area contributed by atoms with E-state index in [0.717, 1.165) is 6.42 Å². The van der Waals surface area contributed by atoms with Gasteiger partial charge in [0.25, 0.3) is 0 Å². The van der Waals surface area contributed by atoms with Crippen molar-refractivity contribution < 1.29 is 4.79 Å². The molecule has 2 heteroatoms. The predicted octanol–water partition coefficient (Wildman–Crippen LogP) is -0.0774. The van der Waals surface area contributed by atoms with Crippen molar-refractivity contribution in [1.29, 1.82) is 0 Å². The number of ketones is 1. The van der Waals surface area contributed by atoms with E-state index in [2.05, 4.69) is 0 Å². The molecule has 0 amide bonds. The van der Waals surface area contributed by atoms with Gasteiger partial charge in [0.05, 0.1) is 6.04 Å². The molecule has 0 heterocycles. The van der Waals surface area contributed by atoms with Crippen LogP contribution in [0, 0.1) is 5.92 Å². The quantitative estimate of drug-likeness (QED) is 0.461. The van der Waals surface area contributed by atoms with E-state index in [-0.39, 0.29) is 17.7 Å². The first-order valence-electron chi connectivity index (χ1n) is 2.51. The molecular formula is C5H9NO. The second-order valence-electron chi connectivity index (χ2n) is 2.15. The van der Waals surface area contributed by atoms with Gasteiger partial charge in [-0.2, -0.15) is 0 Å². The molecule has 0 aromatic heterocycles. The summed E-state index contributed by atoms with van der Waals surface area (Å²) in [7, 11) is 0. The number of hydrogen-bond acceptors (Lipinski definition) is 2. The van der Waals surface area contributed by atoms with Gasteiger partial charge in [-0.25, -0.2) is 0 Å².